The second-order valence-corrected chi connectivity index (χ2v) is 12.8. The normalized spacial score (nSPS) is 16.7. The van der Waals surface area contributed by atoms with E-state index in [0.717, 1.165) is 13.3 Å². The number of carbonyl (C=O) groups excluding carboxylic acids is 6. The molecule has 0 aromatic rings. The van der Waals surface area contributed by atoms with Crippen molar-refractivity contribution in [1.82, 2.24) is 31.9 Å². The largest absolute Gasteiger partial charge is 0.481 e. The van der Waals surface area contributed by atoms with Gasteiger partial charge in [0.25, 0.3) is 0 Å². The van der Waals surface area contributed by atoms with Gasteiger partial charge in [-0.3, -0.25) is 43.5 Å². The van der Waals surface area contributed by atoms with E-state index in [1.165, 1.54) is 0 Å². The Balaban J connectivity index is 3.28. The van der Waals surface area contributed by atoms with Crippen LogP contribution in [0.1, 0.15) is 71.1 Å². The Bertz CT molecular complexity index is 1410. The lowest BCUT2D eigenvalue weighted by molar-refractivity contribution is -0.143. The molecule has 0 spiro atoms. The summed E-state index contributed by atoms with van der Waals surface area (Å²) in [5.41, 5.74) is 26.5. The summed E-state index contributed by atoms with van der Waals surface area (Å²) in [6.45, 7) is 1.77. The summed E-state index contributed by atoms with van der Waals surface area (Å²) in [5, 5.41) is 44.1. The average molecular weight is 786 g/mol. The van der Waals surface area contributed by atoms with Gasteiger partial charge in [-0.25, -0.2) is 4.79 Å². The number of hydrogen-bond acceptors (Lipinski definition) is 12. The number of amides is 6. The minimum atomic E-state index is -1.77. The number of aliphatic hydroxyl groups is 1. The van der Waals surface area contributed by atoms with Gasteiger partial charge in [0.15, 0.2) is 11.9 Å². The van der Waals surface area contributed by atoms with Crippen LogP contribution in [0.2, 0.25) is 0 Å². The maximum Gasteiger partial charge on any atom is 0.326 e. The van der Waals surface area contributed by atoms with Gasteiger partial charge in [-0.1, -0.05) is 0 Å². The number of aliphatic imine (C=N–C) groups is 2. The molecule has 24 heteroatoms. The van der Waals surface area contributed by atoms with Crippen molar-refractivity contribution in [2.24, 2.45) is 38.7 Å². The first-order valence-corrected chi connectivity index (χ1v) is 17.6. The van der Waals surface area contributed by atoms with Gasteiger partial charge in [0.2, 0.25) is 35.4 Å². The zero-order chi connectivity index (χ0) is 41.7. The highest BCUT2D eigenvalue weighted by atomic mass is 16.4. The Morgan fingerprint density at radius 3 is 1.60 bits per heavy atom. The third-order valence-electron chi connectivity index (χ3n) is 8.17. The molecule has 1 rings (SSSR count). The van der Waals surface area contributed by atoms with Crippen molar-refractivity contribution in [3.05, 3.63) is 0 Å². The van der Waals surface area contributed by atoms with Gasteiger partial charge in [0.1, 0.15) is 30.2 Å². The van der Waals surface area contributed by atoms with E-state index in [4.69, 9.17) is 28.7 Å². The fourth-order valence-electron chi connectivity index (χ4n) is 5.27. The highest BCUT2D eigenvalue weighted by Gasteiger charge is 2.35. The predicted octanol–water partition coefficient (Wildman–Crippen LogP) is -6.13. The van der Waals surface area contributed by atoms with Gasteiger partial charge in [-0.15, -0.1) is 0 Å². The molecule has 0 aromatic heterocycles. The van der Waals surface area contributed by atoms with Crippen LogP contribution in [0.25, 0.3) is 0 Å². The van der Waals surface area contributed by atoms with Crippen molar-refractivity contribution in [3.63, 3.8) is 0 Å². The van der Waals surface area contributed by atoms with Gasteiger partial charge in [0, 0.05) is 25.9 Å². The number of nitrogens with two attached hydrogens (primary N) is 5. The zero-order valence-corrected chi connectivity index (χ0v) is 30.6. The van der Waals surface area contributed by atoms with Crippen LogP contribution in [0.4, 0.5) is 0 Å². The van der Waals surface area contributed by atoms with E-state index in [1.54, 1.807) is 0 Å². The smallest absolute Gasteiger partial charge is 0.326 e. The van der Waals surface area contributed by atoms with Gasteiger partial charge in [-0.05, 0) is 64.8 Å². The first-order chi connectivity index (χ1) is 25.8. The predicted molar refractivity (Wildman–Crippen MR) is 195 cm³/mol. The van der Waals surface area contributed by atoms with Crippen molar-refractivity contribution in [1.29, 1.82) is 0 Å². The van der Waals surface area contributed by atoms with Crippen LogP contribution in [0.15, 0.2) is 9.98 Å². The number of carboxylic acids is 2. The molecular weight excluding hydrogens is 730 g/mol. The first kappa shape index (κ1) is 47.2. The number of rotatable bonds is 26. The molecule has 1 aliphatic heterocycles. The van der Waals surface area contributed by atoms with Crippen LogP contribution in [-0.2, 0) is 38.4 Å². The molecule has 310 valence electrons. The topological polar surface area (TPSA) is 424 Å². The molecule has 7 atom stereocenters. The summed E-state index contributed by atoms with van der Waals surface area (Å²) in [6, 6.07) is -8.25. The molecule has 0 radical (unpaired) electrons. The molecule has 1 aliphatic rings. The molecule has 55 heavy (non-hydrogen) atoms. The Kier molecular flexibility index (Phi) is 21.1. The highest BCUT2D eigenvalue weighted by Crippen LogP contribution is 2.09. The summed E-state index contributed by atoms with van der Waals surface area (Å²) in [4.78, 5) is 109. The van der Waals surface area contributed by atoms with Crippen molar-refractivity contribution in [3.8, 4) is 0 Å². The molecule has 0 aromatic carbocycles. The lowest BCUT2D eigenvalue weighted by Gasteiger charge is -2.28. The number of aliphatic hydroxyl groups excluding tert-OH is 1. The number of carbonyl (C=O) groups is 8. The van der Waals surface area contributed by atoms with E-state index in [1.807, 2.05) is 0 Å². The van der Waals surface area contributed by atoms with E-state index < -0.39 is 103 Å². The Morgan fingerprint density at radius 2 is 1.15 bits per heavy atom. The van der Waals surface area contributed by atoms with Crippen molar-refractivity contribution >= 4 is 59.3 Å². The summed E-state index contributed by atoms with van der Waals surface area (Å²) in [7, 11) is 0. The maximum absolute atomic E-state index is 13.7. The lowest BCUT2D eigenvalue weighted by atomic mass is 10.0. The molecule has 0 aliphatic carbocycles. The molecule has 1 heterocycles. The molecule has 0 bridgehead atoms. The van der Waals surface area contributed by atoms with Gasteiger partial charge in [-0.2, -0.15) is 0 Å². The molecule has 19 N–H and O–H groups in total. The SMILES string of the molecule is C[C@@H](O)[C@H](NC(=O)[C@H](CCC(=O)O)NC(=O)[C@H](CCCN=C(N)N)NC(=O)[C@H](CCC(N)=O)NC(=O)[C@@H]1CCCN1)C(=O)N[C@@H](CCCN=C(N)N)C(=O)O. The van der Waals surface area contributed by atoms with Crippen LogP contribution in [0.3, 0.4) is 0 Å². The number of nitrogens with one attached hydrogen (secondary N) is 6. The van der Waals surface area contributed by atoms with Crippen molar-refractivity contribution in [2.75, 3.05) is 19.6 Å². The number of carboxylic acid groups (broad SMARTS) is 2. The molecule has 0 unspecified atom stereocenters. The zero-order valence-electron chi connectivity index (χ0n) is 30.6. The molecular formula is C31H55N13O11. The number of guanidine groups is 2. The van der Waals surface area contributed by atoms with Gasteiger partial charge >= 0.3 is 11.9 Å². The molecule has 1 saturated heterocycles. The summed E-state index contributed by atoms with van der Waals surface area (Å²) >= 11 is 0. The Morgan fingerprint density at radius 1 is 0.673 bits per heavy atom. The van der Waals surface area contributed by atoms with E-state index in [2.05, 4.69) is 41.9 Å². The minimum Gasteiger partial charge on any atom is -0.481 e. The van der Waals surface area contributed by atoms with Crippen LogP contribution in [0.5, 0.6) is 0 Å². The third kappa shape index (κ3) is 19.2. The van der Waals surface area contributed by atoms with Crippen molar-refractivity contribution < 1.29 is 53.7 Å². The lowest BCUT2D eigenvalue weighted by Crippen LogP contribution is -2.61. The van der Waals surface area contributed by atoms with Crippen molar-refractivity contribution in [2.45, 2.75) is 113 Å². The number of primary amides is 1. The number of nitrogens with zero attached hydrogens (tertiary/aromatic N) is 2. The Hall–Kier alpha value is -5.78. The molecule has 24 nitrogen and oxygen atoms in total. The second-order valence-electron chi connectivity index (χ2n) is 12.8. The molecule has 0 saturated carbocycles. The fourth-order valence-corrected chi connectivity index (χ4v) is 5.27. The van der Waals surface area contributed by atoms with E-state index in [0.29, 0.717) is 13.0 Å². The third-order valence-corrected chi connectivity index (χ3v) is 8.17. The van der Waals surface area contributed by atoms with Crippen LogP contribution in [0, 0.1) is 0 Å². The minimum absolute atomic E-state index is 0.0108. The molecule has 1 fully saturated rings. The summed E-state index contributed by atoms with van der Waals surface area (Å²) in [5.74, 6) is -8.63. The first-order valence-electron chi connectivity index (χ1n) is 17.6. The second kappa shape index (κ2) is 24.5. The fraction of sp³-hybridized carbons (Fsp3) is 0.677. The molecule has 6 amide bonds. The van der Waals surface area contributed by atoms with E-state index in [-0.39, 0.29) is 63.5 Å². The van der Waals surface area contributed by atoms with Crippen LogP contribution in [-0.4, -0.2) is 137 Å². The monoisotopic (exact) mass is 785 g/mol. The maximum atomic E-state index is 13.7. The quantitative estimate of drug-likeness (QED) is 0.0220. The van der Waals surface area contributed by atoms with Crippen LogP contribution < -0.4 is 60.6 Å². The highest BCUT2D eigenvalue weighted by molar-refractivity contribution is 5.96. The van der Waals surface area contributed by atoms with Crippen LogP contribution >= 0.6 is 0 Å². The van der Waals surface area contributed by atoms with Gasteiger partial charge < -0.3 is 75.9 Å². The number of aliphatic carboxylic acids is 2. The summed E-state index contributed by atoms with van der Waals surface area (Å²) in [6.07, 6.45) is -2.09. The standard InChI is InChI=1S/C31H55N13O11/c1-15(45)23(28(53)43-20(29(54)55)7-4-14-39-31(35)36)44-27(52)19(9-11-22(47)48)42-25(50)17(6-3-13-38-30(33)34)40-26(51)18(8-10-21(32)46)41-24(49)16-5-2-12-37-16/h15-20,23,37,45H,2-14H2,1H3,(H2,32,46)(H,40,51)(H,41,49)(H,42,50)(H,43,53)(H,44,52)(H,47,48)(H,54,55)(H4,33,34,38)(H4,35,36,39)/t15-,16+,17+,18+,19+,20+,23+/m1/s1. The average Bonchev–Trinajstić information content (AvgIpc) is 3.64. The number of hydrogen-bond donors (Lipinski definition) is 14. The Labute approximate surface area is 316 Å². The van der Waals surface area contributed by atoms with Gasteiger partial charge in [0.05, 0.1) is 12.1 Å². The van der Waals surface area contributed by atoms with E-state index in [9.17, 15) is 53.7 Å². The summed E-state index contributed by atoms with van der Waals surface area (Å²) < 4.78 is 0. The van der Waals surface area contributed by atoms with E-state index >= 15 is 0 Å².